The van der Waals surface area contributed by atoms with Crippen LogP contribution in [0.5, 0.6) is 0 Å². The van der Waals surface area contributed by atoms with E-state index in [2.05, 4.69) is 39.5 Å². The van der Waals surface area contributed by atoms with E-state index in [-0.39, 0.29) is 6.10 Å². The third-order valence-electron chi connectivity index (χ3n) is 2.54. The molecule has 0 saturated carbocycles. The predicted molar refractivity (Wildman–Crippen MR) is 74.6 cm³/mol. The lowest BCUT2D eigenvalue weighted by Gasteiger charge is -2.34. The molecule has 2 atom stereocenters. The number of nitrogens with zero attached hydrogens (tertiary/aromatic N) is 1. The first kappa shape index (κ1) is 16.5. The maximum atomic E-state index is 9.59. The second-order valence-corrected chi connectivity index (χ2v) is 8.67. The van der Waals surface area contributed by atoms with Crippen molar-refractivity contribution in [3.63, 3.8) is 0 Å². The number of hydrogen-bond donors (Lipinski definition) is 1. The highest BCUT2D eigenvalue weighted by atomic mass is 32.5. The van der Waals surface area contributed by atoms with E-state index >= 15 is 0 Å². The molecule has 0 bridgehead atoms. The first-order valence-electron chi connectivity index (χ1n) is 5.91. The quantitative estimate of drug-likeness (QED) is 0.719. The molecule has 0 aliphatic heterocycles. The van der Waals surface area contributed by atoms with Crippen molar-refractivity contribution in [2.75, 3.05) is 13.2 Å². The van der Waals surface area contributed by atoms with Crippen LogP contribution in [0.2, 0.25) is 0 Å². The molecule has 0 aliphatic carbocycles. The highest BCUT2D eigenvalue weighted by molar-refractivity contribution is 8.09. The summed E-state index contributed by atoms with van der Waals surface area (Å²) in [5.41, 5.74) is 0. The van der Waals surface area contributed by atoms with Gasteiger partial charge in [-0.3, -0.25) is 4.90 Å². The molecule has 0 aromatic heterocycles. The predicted octanol–water partition coefficient (Wildman–Crippen LogP) is 2.83. The molecule has 0 spiro atoms. The third-order valence-corrected chi connectivity index (χ3v) is 3.49. The SMILES string of the molecule is CCC(CN(C(C)C)C(C)C)OP(C)(O)=S. The Labute approximate surface area is 105 Å². The van der Waals surface area contributed by atoms with Crippen LogP contribution in [0.25, 0.3) is 0 Å². The molecule has 0 radical (unpaired) electrons. The van der Waals surface area contributed by atoms with Gasteiger partial charge in [-0.2, -0.15) is 0 Å². The average Bonchev–Trinajstić information content (AvgIpc) is 2.08. The highest BCUT2D eigenvalue weighted by Crippen LogP contribution is 2.39. The molecule has 98 valence electrons. The molecule has 0 amide bonds. The Morgan fingerprint density at radius 2 is 1.69 bits per heavy atom. The van der Waals surface area contributed by atoms with E-state index in [1.165, 1.54) is 0 Å². The average molecular weight is 267 g/mol. The van der Waals surface area contributed by atoms with Crippen molar-refractivity contribution >= 4 is 18.3 Å². The summed E-state index contributed by atoms with van der Waals surface area (Å²) in [7, 11) is 0. The van der Waals surface area contributed by atoms with Gasteiger partial charge in [-0.15, -0.1) is 0 Å². The van der Waals surface area contributed by atoms with Gasteiger partial charge in [0.1, 0.15) is 0 Å². The molecule has 3 nitrogen and oxygen atoms in total. The Morgan fingerprint density at radius 1 is 1.25 bits per heavy atom. The summed E-state index contributed by atoms with van der Waals surface area (Å²) in [6.45, 7) is 10.7. The first-order chi connectivity index (χ1) is 7.17. The second kappa shape index (κ2) is 7.07. The van der Waals surface area contributed by atoms with E-state index in [4.69, 9.17) is 16.3 Å². The Kier molecular flexibility index (Phi) is 7.31. The zero-order valence-corrected chi connectivity index (χ0v) is 13.0. The lowest BCUT2D eigenvalue weighted by molar-refractivity contribution is 0.0892. The molecule has 0 aromatic rings. The van der Waals surface area contributed by atoms with Crippen LogP contribution in [0.1, 0.15) is 41.0 Å². The third kappa shape index (κ3) is 6.97. The fourth-order valence-electron chi connectivity index (χ4n) is 1.77. The zero-order chi connectivity index (χ0) is 12.9. The standard InChI is InChI=1S/C11H26NO2PS/c1-7-11(14-15(6,13)16)8-12(9(2)3)10(4)5/h9-11H,7-8H2,1-6H3,(H,13,16). The Balaban J connectivity index is 4.44. The highest BCUT2D eigenvalue weighted by Gasteiger charge is 2.21. The Morgan fingerprint density at radius 3 is 1.94 bits per heavy atom. The van der Waals surface area contributed by atoms with Crippen molar-refractivity contribution in [1.29, 1.82) is 0 Å². The summed E-state index contributed by atoms with van der Waals surface area (Å²) in [5, 5.41) is 0. The van der Waals surface area contributed by atoms with Crippen LogP contribution in [0.15, 0.2) is 0 Å². The second-order valence-electron chi connectivity index (χ2n) is 4.82. The normalized spacial score (nSPS) is 18.1. The maximum absolute atomic E-state index is 9.59. The van der Waals surface area contributed by atoms with Crippen molar-refractivity contribution in [2.45, 2.75) is 59.2 Å². The zero-order valence-electron chi connectivity index (χ0n) is 11.3. The smallest absolute Gasteiger partial charge is 0.183 e. The first-order valence-corrected chi connectivity index (χ1v) is 9.03. The van der Waals surface area contributed by atoms with Gasteiger partial charge >= 0.3 is 0 Å². The van der Waals surface area contributed by atoms with Crippen LogP contribution < -0.4 is 0 Å². The van der Waals surface area contributed by atoms with Gasteiger partial charge in [-0.25, -0.2) is 0 Å². The molecule has 0 saturated heterocycles. The molecule has 5 heteroatoms. The molecule has 1 N–H and O–H groups in total. The van der Waals surface area contributed by atoms with E-state index in [0.717, 1.165) is 13.0 Å². The number of hydrogen-bond acceptors (Lipinski definition) is 3. The van der Waals surface area contributed by atoms with Crippen LogP contribution in [0.4, 0.5) is 0 Å². The topological polar surface area (TPSA) is 32.7 Å². The summed E-state index contributed by atoms with van der Waals surface area (Å²) in [4.78, 5) is 12.0. The Hall–Kier alpha value is 0.530. The summed E-state index contributed by atoms with van der Waals surface area (Å²) in [5.74, 6) is 0. The van der Waals surface area contributed by atoms with Crippen LogP contribution in [0.3, 0.4) is 0 Å². The van der Waals surface area contributed by atoms with Gasteiger partial charge in [0.2, 0.25) is 0 Å². The van der Waals surface area contributed by atoms with E-state index < -0.39 is 6.49 Å². The molecule has 0 aromatic carbocycles. The van der Waals surface area contributed by atoms with Crippen molar-refractivity contribution in [3.05, 3.63) is 0 Å². The molecule has 0 aliphatic rings. The molecular weight excluding hydrogens is 241 g/mol. The number of rotatable bonds is 7. The minimum absolute atomic E-state index is 0.0330. The molecular formula is C11H26NO2PS. The van der Waals surface area contributed by atoms with E-state index in [0.29, 0.717) is 12.1 Å². The van der Waals surface area contributed by atoms with Gasteiger partial charge in [0.15, 0.2) is 6.49 Å². The molecule has 16 heavy (non-hydrogen) atoms. The molecule has 0 heterocycles. The largest absolute Gasteiger partial charge is 0.345 e. The summed E-state index contributed by atoms with van der Waals surface area (Å²) < 4.78 is 5.56. The van der Waals surface area contributed by atoms with Crippen molar-refractivity contribution < 1.29 is 9.42 Å². The van der Waals surface area contributed by atoms with Crippen LogP contribution in [-0.2, 0) is 16.3 Å². The van der Waals surface area contributed by atoms with Gasteiger partial charge in [0, 0.05) is 25.3 Å². The van der Waals surface area contributed by atoms with Gasteiger partial charge < -0.3 is 9.42 Å². The van der Waals surface area contributed by atoms with Crippen molar-refractivity contribution in [1.82, 2.24) is 4.90 Å². The van der Waals surface area contributed by atoms with Gasteiger partial charge in [0.05, 0.1) is 6.10 Å². The molecule has 0 rings (SSSR count). The fourth-order valence-corrected chi connectivity index (χ4v) is 2.90. The van der Waals surface area contributed by atoms with Gasteiger partial charge in [-0.1, -0.05) is 6.92 Å². The fraction of sp³-hybridized carbons (Fsp3) is 1.00. The lowest BCUT2D eigenvalue weighted by atomic mass is 10.2. The minimum Gasteiger partial charge on any atom is -0.345 e. The van der Waals surface area contributed by atoms with Crippen molar-refractivity contribution in [2.24, 2.45) is 0 Å². The lowest BCUT2D eigenvalue weighted by Crippen LogP contribution is -2.42. The van der Waals surface area contributed by atoms with Gasteiger partial charge in [0.25, 0.3) is 0 Å². The summed E-state index contributed by atoms with van der Waals surface area (Å²) in [6, 6.07) is 0.956. The van der Waals surface area contributed by atoms with Crippen LogP contribution >= 0.6 is 6.49 Å². The Bertz CT molecular complexity index is 232. The monoisotopic (exact) mass is 267 g/mol. The minimum atomic E-state index is -2.55. The molecule has 2 unspecified atom stereocenters. The van der Waals surface area contributed by atoms with E-state index in [1.807, 2.05) is 0 Å². The summed E-state index contributed by atoms with van der Waals surface area (Å²) >= 11 is 4.94. The van der Waals surface area contributed by atoms with E-state index in [9.17, 15) is 4.89 Å². The van der Waals surface area contributed by atoms with Gasteiger partial charge in [-0.05, 0) is 45.9 Å². The van der Waals surface area contributed by atoms with Crippen molar-refractivity contribution in [3.8, 4) is 0 Å². The van der Waals surface area contributed by atoms with Crippen LogP contribution in [0, 0.1) is 0 Å². The summed E-state index contributed by atoms with van der Waals surface area (Å²) in [6.07, 6.45) is 0.911. The molecule has 0 fully saturated rings. The van der Waals surface area contributed by atoms with Crippen LogP contribution in [-0.4, -0.2) is 41.2 Å². The maximum Gasteiger partial charge on any atom is 0.183 e. The van der Waals surface area contributed by atoms with E-state index in [1.54, 1.807) is 6.66 Å².